The first-order valence-electron chi connectivity index (χ1n) is 22.1. The summed E-state index contributed by atoms with van der Waals surface area (Å²) in [4.78, 5) is 0. The van der Waals surface area contributed by atoms with E-state index in [-0.39, 0.29) is 11.5 Å². The molecule has 5 N–H and O–H groups in total. The largest absolute Gasteiger partial charge is 0.508 e. The number of benzene rings is 5. The van der Waals surface area contributed by atoms with Crippen LogP contribution < -0.4 is 0 Å². The van der Waals surface area contributed by atoms with Gasteiger partial charge in [-0.3, -0.25) is 0 Å². The van der Waals surface area contributed by atoms with Gasteiger partial charge < -0.3 is 25.5 Å². The number of phenols is 5. The Morgan fingerprint density at radius 2 is 0.903 bits per heavy atom. The van der Waals surface area contributed by atoms with Crippen LogP contribution in [0.1, 0.15) is 145 Å². The maximum Gasteiger partial charge on any atom is 0.134 e. The van der Waals surface area contributed by atoms with E-state index in [4.69, 9.17) is 68.2 Å². The highest BCUT2D eigenvalue weighted by molar-refractivity contribution is 6.33. The average molecular weight is 949 g/mol. The van der Waals surface area contributed by atoms with Crippen LogP contribution >= 0.6 is 58.0 Å². The van der Waals surface area contributed by atoms with Gasteiger partial charge in [0.25, 0.3) is 0 Å². The molecule has 0 aromatic heterocycles. The van der Waals surface area contributed by atoms with E-state index < -0.39 is 0 Å². The van der Waals surface area contributed by atoms with Crippen molar-refractivity contribution >= 4 is 58.0 Å². The van der Waals surface area contributed by atoms with Crippen molar-refractivity contribution in [1.82, 2.24) is 0 Å². The van der Waals surface area contributed by atoms with Gasteiger partial charge in [0.2, 0.25) is 0 Å². The summed E-state index contributed by atoms with van der Waals surface area (Å²) in [6.45, 7) is 6.29. The molecule has 5 aromatic rings. The number of phenolic OH excluding ortho intramolecular Hbond substituents is 5. The lowest BCUT2D eigenvalue weighted by Gasteiger charge is -2.22. The Hall–Kier alpha value is -3.45. The van der Waals surface area contributed by atoms with Crippen LogP contribution in [0.3, 0.4) is 0 Å². The van der Waals surface area contributed by atoms with Gasteiger partial charge in [-0.15, -0.1) is 0 Å². The second kappa shape index (κ2) is 32.2. The molecule has 5 aromatic carbocycles. The molecule has 0 atom stereocenters. The zero-order valence-electron chi connectivity index (χ0n) is 36.7. The molecule has 0 bridgehead atoms. The lowest BCUT2D eigenvalue weighted by Crippen LogP contribution is -2.04. The lowest BCUT2D eigenvalue weighted by atomic mass is 9.84. The predicted octanol–water partition coefficient (Wildman–Crippen LogP) is 18.0. The van der Waals surface area contributed by atoms with Crippen molar-refractivity contribution in [2.24, 2.45) is 0 Å². The van der Waals surface area contributed by atoms with Gasteiger partial charge in [0.05, 0.1) is 10.0 Å². The minimum atomic E-state index is 0.133. The van der Waals surface area contributed by atoms with E-state index in [2.05, 4.69) is 13.8 Å². The van der Waals surface area contributed by atoms with E-state index in [9.17, 15) is 15.3 Å². The molecule has 10 heteroatoms. The maximum atomic E-state index is 9.73. The monoisotopic (exact) mass is 946 g/mol. The third kappa shape index (κ3) is 22.8. The minimum Gasteiger partial charge on any atom is -0.508 e. The Kier molecular flexibility index (Phi) is 28.4. The SMILES string of the molecule is CCCCCCCCc1cc(Cl)ccc1O.CCCCCCCc1cc(Cl)ccc1O.Cc1cccc(O)c1Cl.Oc1ccc(Cl)cc1C1CCCCC1.Oc1ccccc1Cl. The number of rotatable bonds is 14. The number of aromatic hydroxyl groups is 5. The van der Waals surface area contributed by atoms with E-state index in [1.165, 1.54) is 89.9 Å². The quantitative estimate of drug-likeness (QED) is 0.0714. The predicted molar refractivity (Wildman–Crippen MR) is 266 cm³/mol. The lowest BCUT2D eigenvalue weighted by molar-refractivity contribution is 0.414. The normalized spacial score (nSPS) is 12.0. The van der Waals surface area contributed by atoms with Gasteiger partial charge in [-0.25, -0.2) is 0 Å². The Balaban J connectivity index is 0.000000272. The summed E-state index contributed by atoms with van der Waals surface area (Å²) in [6.07, 6.45) is 22.0. The summed E-state index contributed by atoms with van der Waals surface area (Å²) in [7, 11) is 0. The van der Waals surface area contributed by atoms with E-state index in [0.29, 0.717) is 43.3 Å². The number of hydrogen-bond donors (Lipinski definition) is 5. The summed E-state index contributed by atoms with van der Waals surface area (Å²) in [6, 6.07) is 27.7. The van der Waals surface area contributed by atoms with Crippen LogP contribution in [0.25, 0.3) is 0 Å². The molecule has 0 heterocycles. The molecule has 1 saturated carbocycles. The van der Waals surface area contributed by atoms with Crippen molar-refractivity contribution in [2.45, 2.75) is 142 Å². The van der Waals surface area contributed by atoms with Gasteiger partial charge in [-0.2, -0.15) is 0 Å². The van der Waals surface area contributed by atoms with E-state index in [0.717, 1.165) is 53.0 Å². The fourth-order valence-electron chi connectivity index (χ4n) is 6.87. The molecule has 1 fully saturated rings. The Bertz CT molecular complexity index is 1940. The second-order valence-corrected chi connectivity index (χ2v) is 17.7. The summed E-state index contributed by atoms with van der Waals surface area (Å²) < 4.78 is 0. The zero-order valence-corrected chi connectivity index (χ0v) is 40.4. The summed E-state index contributed by atoms with van der Waals surface area (Å²) in [5.74, 6) is 1.95. The van der Waals surface area contributed by atoms with Gasteiger partial charge in [0, 0.05) is 15.1 Å². The van der Waals surface area contributed by atoms with Crippen molar-refractivity contribution in [3.8, 4) is 28.7 Å². The van der Waals surface area contributed by atoms with Crippen molar-refractivity contribution < 1.29 is 25.5 Å². The highest BCUT2D eigenvalue weighted by Gasteiger charge is 2.18. The standard InChI is InChI=1S/C14H21ClO.C13H19ClO.C12H15ClO.C7H7ClO.C6H5ClO/c1-2-3-4-5-6-7-8-12-11-13(15)9-10-14(12)16;1-2-3-4-5-6-7-11-10-12(14)8-9-13(11)15;13-10-6-7-12(14)11(8-10)9-4-2-1-3-5-9;1-5-3-2-4-6(9)7(5)8;7-5-3-1-2-4-6(5)8/h9-11,16H,2-8H2,1H3;8-10,15H,2-7H2,1H3;6-9,14H,1-5H2;2-4,9H,1H3;1-4,8H. The Labute approximate surface area is 396 Å². The van der Waals surface area contributed by atoms with E-state index >= 15 is 0 Å². The van der Waals surface area contributed by atoms with Gasteiger partial charge in [-0.05, 0) is 146 Å². The fourth-order valence-corrected chi connectivity index (χ4v) is 7.70. The molecular formula is C52H67Cl5O5. The van der Waals surface area contributed by atoms with Crippen LogP contribution in [-0.2, 0) is 12.8 Å². The Morgan fingerprint density at radius 3 is 1.35 bits per heavy atom. The van der Waals surface area contributed by atoms with Crippen LogP contribution in [0, 0.1) is 6.92 Å². The molecule has 0 unspecified atom stereocenters. The zero-order chi connectivity index (χ0) is 45.7. The molecule has 0 amide bonds. The van der Waals surface area contributed by atoms with E-state index in [1.807, 2.05) is 31.2 Å². The van der Waals surface area contributed by atoms with Crippen molar-refractivity contribution in [3.05, 3.63) is 144 Å². The van der Waals surface area contributed by atoms with Gasteiger partial charge in [0.1, 0.15) is 28.7 Å². The number of para-hydroxylation sites is 1. The van der Waals surface area contributed by atoms with Crippen LogP contribution in [0.15, 0.2) is 97.1 Å². The summed E-state index contributed by atoms with van der Waals surface area (Å²) in [5.41, 5.74) is 3.89. The topological polar surface area (TPSA) is 101 Å². The van der Waals surface area contributed by atoms with Gasteiger partial charge in [0.15, 0.2) is 0 Å². The fraction of sp³-hybridized carbons (Fsp3) is 0.423. The minimum absolute atomic E-state index is 0.133. The van der Waals surface area contributed by atoms with Crippen LogP contribution in [0.2, 0.25) is 25.1 Å². The molecule has 5 nitrogen and oxygen atoms in total. The number of halogens is 5. The summed E-state index contributed by atoms with van der Waals surface area (Å²) in [5, 5.41) is 49.7. The molecule has 62 heavy (non-hydrogen) atoms. The highest BCUT2D eigenvalue weighted by Crippen LogP contribution is 2.38. The van der Waals surface area contributed by atoms with Crippen molar-refractivity contribution in [1.29, 1.82) is 0 Å². The number of hydrogen-bond acceptors (Lipinski definition) is 5. The molecule has 1 aliphatic carbocycles. The molecular weight excluding hydrogens is 882 g/mol. The first-order chi connectivity index (χ1) is 29.8. The van der Waals surface area contributed by atoms with Crippen molar-refractivity contribution in [3.63, 3.8) is 0 Å². The molecule has 1 aliphatic rings. The molecule has 6 rings (SSSR count). The average Bonchev–Trinajstić information content (AvgIpc) is 3.26. The first-order valence-corrected chi connectivity index (χ1v) is 24.0. The molecule has 0 radical (unpaired) electrons. The van der Waals surface area contributed by atoms with Gasteiger partial charge in [-0.1, -0.05) is 173 Å². The van der Waals surface area contributed by atoms with Crippen molar-refractivity contribution in [2.75, 3.05) is 0 Å². The highest BCUT2D eigenvalue weighted by atomic mass is 35.5. The van der Waals surface area contributed by atoms with Crippen LogP contribution in [0.5, 0.6) is 28.7 Å². The molecule has 0 saturated heterocycles. The van der Waals surface area contributed by atoms with Crippen LogP contribution in [0.4, 0.5) is 0 Å². The van der Waals surface area contributed by atoms with E-state index in [1.54, 1.807) is 72.8 Å². The maximum absolute atomic E-state index is 9.73. The second-order valence-electron chi connectivity index (χ2n) is 15.6. The molecule has 0 aliphatic heterocycles. The Morgan fingerprint density at radius 1 is 0.452 bits per heavy atom. The van der Waals surface area contributed by atoms with Crippen LogP contribution in [-0.4, -0.2) is 25.5 Å². The molecule has 340 valence electrons. The number of aryl methyl sites for hydroxylation is 3. The summed E-state index contributed by atoms with van der Waals surface area (Å²) >= 11 is 28.8. The first kappa shape index (κ1) is 54.7. The third-order valence-electron chi connectivity index (χ3n) is 10.5. The third-order valence-corrected chi connectivity index (χ3v) is 12.0. The van der Waals surface area contributed by atoms with Gasteiger partial charge >= 0.3 is 0 Å². The number of unbranched alkanes of at least 4 members (excludes halogenated alkanes) is 9. The smallest absolute Gasteiger partial charge is 0.134 e. The molecule has 0 spiro atoms.